The van der Waals surface area contributed by atoms with E-state index < -0.39 is 0 Å². The van der Waals surface area contributed by atoms with Gasteiger partial charge in [-0.15, -0.1) is 0 Å². The van der Waals surface area contributed by atoms with E-state index in [2.05, 4.69) is 10.1 Å². The first-order chi connectivity index (χ1) is 11.5. The quantitative estimate of drug-likeness (QED) is 0.650. The zero-order valence-electron chi connectivity index (χ0n) is 12.8. The second kappa shape index (κ2) is 7.30. The molecule has 24 heavy (non-hydrogen) atoms. The molecule has 0 saturated carbocycles. The summed E-state index contributed by atoms with van der Waals surface area (Å²) < 4.78 is 19.1. The molecule has 0 spiro atoms. The first-order valence-electron chi connectivity index (χ1n) is 7.23. The SMILES string of the molecule is CN(Cc1nc(-c2ccc(Cl)cc2)no1)Cc1c(F)cccc1Cl. The molecule has 3 aromatic rings. The van der Waals surface area contributed by atoms with Crippen LogP contribution in [0.1, 0.15) is 11.5 Å². The van der Waals surface area contributed by atoms with E-state index in [9.17, 15) is 4.39 Å². The van der Waals surface area contributed by atoms with Crippen LogP contribution in [0.25, 0.3) is 11.4 Å². The number of halogens is 3. The van der Waals surface area contributed by atoms with Crippen molar-refractivity contribution >= 4 is 23.2 Å². The van der Waals surface area contributed by atoms with E-state index in [0.29, 0.717) is 40.4 Å². The van der Waals surface area contributed by atoms with E-state index in [0.717, 1.165) is 5.56 Å². The van der Waals surface area contributed by atoms with E-state index in [4.69, 9.17) is 27.7 Å². The van der Waals surface area contributed by atoms with Crippen molar-refractivity contribution in [2.75, 3.05) is 7.05 Å². The summed E-state index contributed by atoms with van der Waals surface area (Å²) in [7, 11) is 1.83. The van der Waals surface area contributed by atoms with Gasteiger partial charge in [-0.3, -0.25) is 4.90 Å². The largest absolute Gasteiger partial charge is 0.338 e. The highest BCUT2D eigenvalue weighted by molar-refractivity contribution is 6.31. The Bertz CT molecular complexity index is 816. The van der Waals surface area contributed by atoms with Crippen LogP contribution in [0.4, 0.5) is 4.39 Å². The standard InChI is InChI=1S/C17H14Cl2FN3O/c1-23(9-13-14(19)3-2-4-15(13)20)10-16-21-17(22-24-16)11-5-7-12(18)8-6-11/h2-8H,9-10H2,1H3. The minimum Gasteiger partial charge on any atom is -0.338 e. The summed E-state index contributed by atoms with van der Waals surface area (Å²) >= 11 is 11.9. The van der Waals surface area contributed by atoms with Gasteiger partial charge in [-0.2, -0.15) is 4.98 Å². The maximum atomic E-state index is 13.8. The molecule has 4 nitrogen and oxygen atoms in total. The van der Waals surface area contributed by atoms with Crippen molar-refractivity contribution in [3.05, 3.63) is 69.8 Å². The number of nitrogens with zero attached hydrogens (tertiary/aromatic N) is 3. The third kappa shape index (κ3) is 3.93. The lowest BCUT2D eigenvalue weighted by atomic mass is 10.2. The second-order valence-corrected chi connectivity index (χ2v) is 6.23. The summed E-state index contributed by atoms with van der Waals surface area (Å²) in [6, 6.07) is 11.8. The van der Waals surface area contributed by atoms with Gasteiger partial charge in [0.1, 0.15) is 5.82 Å². The van der Waals surface area contributed by atoms with Gasteiger partial charge in [0.15, 0.2) is 0 Å². The predicted octanol–water partition coefficient (Wildman–Crippen LogP) is 4.81. The van der Waals surface area contributed by atoms with E-state index in [-0.39, 0.29) is 5.82 Å². The molecule has 7 heteroatoms. The van der Waals surface area contributed by atoms with Gasteiger partial charge in [0.2, 0.25) is 11.7 Å². The molecule has 0 unspecified atom stereocenters. The number of aromatic nitrogens is 2. The molecule has 0 bridgehead atoms. The highest BCUT2D eigenvalue weighted by Gasteiger charge is 2.14. The van der Waals surface area contributed by atoms with Gasteiger partial charge in [-0.25, -0.2) is 4.39 Å². The Balaban J connectivity index is 1.69. The second-order valence-electron chi connectivity index (χ2n) is 5.39. The minimum atomic E-state index is -0.332. The number of rotatable bonds is 5. The average Bonchev–Trinajstić information content (AvgIpc) is 3.00. The molecule has 124 valence electrons. The summed E-state index contributed by atoms with van der Waals surface area (Å²) in [5, 5.41) is 5.00. The lowest BCUT2D eigenvalue weighted by Crippen LogP contribution is -2.18. The fourth-order valence-electron chi connectivity index (χ4n) is 2.28. The Morgan fingerprint density at radius 3 is 2.54 bits per heavy atom. The highest BCUT2D eigenvalue weighted by atomic mass is 35.5. The summed E-state index contributed by atoms with van der Waals surface area (Å²) in [6.45, 7) is 0.718. The fourth-order valence-corrected chi connectivity index (χ4v) is 2.62. The molecule has 0 fully saturated rings. The van der Waals surface area contributed by atoms with Crippen LogP contribution in [0.5, 0.6) is 0 Å². The van der Waals surface area contributed by atoms with Crippen LogP contribution >= 0.6 is 23.2 Å². The Morgan fingerprint density at radius 1 is 1.08 bits per heavy atom. The van der Waals surface area contributed by atoms with Gasteiger partial charge in [-0.1, -0.05) is 34.4 Å². The third-order valence-electron chi connectivity index (χ3n) is 3.47. The fraction of sp³-hybridized carbons (Fsp3) is 0.176. The van der Waals surface area contributed by atoms with Gasteiger partial charge < -0.3 is 4.52 Å². The lowest BCUT2D eigenvalue weighted by Gasteiger charge is -2.15. The van der Waals surface area contributed by atoms with E-state index in [1.807, 2.05) is 24.1 Å². The minimum absolute atomic E-state index is 0.332. The number of hydrogen-bond acceptors (Lipinski definition) is 4. The molecular weight excluding hydrogens is 352 g/mol. The van der Waals surface area contributed by atoms with Crippen LogP contribution in [0.15, 0.2) is 47.0 Å². The maximum Gasteiger partial charge on any atom is 0.241 e. The molecule has 0 N–H and O–H groups in total. The Labute approximate surface area is 148 Å². The molecule has 0 aliphatic heterocycles. The zero-order chi connectivity index (χ0) is 17.1. The molecule has 0 saturated heterocycles. The molecule has 0 radical (unpaired) electrons. The molecule has 1 aromatic heterocycles. The molecule has 0 aliphatic rings. The molecule has 1 heterocycles. The Hall–Kier alpha value is -1.95. The molecule has 0 atom stereocenters. The summed E-state index contributed by atoms with van der Waals surface area (Å²) in [5.74, 6) is 0.593. The molecule has 0 aliphatic carbocycles. The number of hydrogen-bond donors (Lipinski definition) is 0. The zero-order valence-corrected chi connectivity index (χ0v) is 14.4. The monoisotopic (exact) mass is 365 g/mol. The van der Waals surface area contributed by atoms with Crippen molar-refractivity contribution in [1.82, 2.24) is 15.0 Å². The van der Waals surface area contributed by atoms with Crippen LogP contribution in [0.2, 0.25) is 10.0 Å². The molecule has 3 rings (SSSR count). The van der Waals surface area contributed by atoms with Gasteiger partial charge in [-0.05, 0) is 43.4 Å². The molecule has 0 amide bonds. The predicted molar refractivity (Wildman–Crippen MR) is 91.3 cm³/mol. The normalized spacial score (nSPS) is 11.2. The van der Waals surface area contributed by atoms with Crippen molar-refractivity contribution in [3.8, 4) is 11.4 Å². The van der Waals surface area contributed by atoms with Crippen LogP contribution in [-0.4, -0.2) is 22.1 Å². The molecular formula is C17H14Cl2FN3O. The Morgan fingerprint density at radius 2 is 1.83 bits per heavy atom. The molecule has 2 aromatic carbocycles. The van der Waals surface area contributed by atoms with Crippen molar-refractivity contribution in [1.29, 1.82) is 0 Å². The van der Waals surface area contributed by atoms with Crippen LogP contribution in [0, 0.1) is 5.82 Å². The van der Waals surface area contributed by atoms with Crippen molar-refractivity contribution < 1.29 is 8.91 Å². The Kier molecular flexibility index (Phi) is 5.14. The first-order valence-corrected chi connectivity index (χ1v) is 7.98. The smallest absolute Gasteiger partial charge is 0.241 e. The van der Waals surface area contributed by atoms with Crippen LogP contribution < -0.4 is 0 Å². The van der Waals surface area contributed by atoms with Crippen LogP contribution in [0.3, 0.4) is 0 Å². The van der Waals surface area contributed by atoms with E-state index in [1.54, 1.807) is 24.3 Å². The summed E-state index contributed by atoms with van der Waals surface area (Å²) in [5.41, 5.74) is 1.26. The highest BCUT2D eigenvalue weighted by Crippen LogP contribution is 2.22. The van der Waals surface area contributed by atoms with E-state index >= 15 is 0 Å². The summed E-state index contributed by atoms with van der Waals surface area (Å²) in [4.78, 5) is 6.20. The number of benzene rings is 2. The van der Waals surface area contributed by atoms with Gasteiger partial charge >= 0.3 is 0 Å². The van der Waals surface area contributed by atoms with Crippen molar-refractivity contribution in [2.45, 2.75) is 13.1 Å². The maximum absolute atomic E-state index is 13.8. The van der Waals surface area contributed by atoms with Crippen LogP contribution in [-0.2, 0) is 13.1 Å². The van der Waals surface area contributed by atoms with Crippen molar-refractivity contribution in [3.63, 3.8) is 0 Å². The third-order valence-corrected chi connectivity index (χ3v) is 4.07. The summed E-state index contributed by atoms with van der Waals surface area (Å²) in [6.07, 6.45) is 0. The van der Waals surface area contributed by atoms with Crippen molar-refractivity contribution in [2.24, 2.45) is 0 Å². The van der Waals surface area contributed by atoms with E-state index in [1.165, 1.54) is 6.07 Å². The lowest BCUT2D eigenvalue weighted by molar-refractivity contribution is 0.258. The van der Waals surface area contributed by atoms with Gasteiger partial charge in [0.05, 0.1) is 6.54 Å². The topological polar surface area (TPSA) is 42.2 Å². The van der Waals surface area contributed by atoms with Gasteiger partial charge in [0.25, 0.3) is 0 Å². The average molecular weight is 366 g/mol. The first kappa shape index (κ1) is 16.9. The van der Waals surface area contributed by atoms with Gasteiger partial charge in [0, 0.05) is 27.7 Å².